The number of benzene rings is 1. The molecule has 0 aliphatic carbocycles. The second-order valence-corrected chi connectivity index (χ2v) is 4.99. The van der Waals surface area contributed by atoms with Gasteiger partial charge in [-0.25, -0.2) is 0 Å². The number of anilines is 1. The third-order valence-electron chi connectivity index (χ3n) is 3.38. The lowest BCUT2D eigenvalue weighted by molar-refractivity contribution is -0.130. The molecule has 0 aromatic heterocycles. The van der Waals surface area contributed by atoms with E-state index in [-0.39, 0.29) is 18.4 Å². The molecule has 1 rings (SSSR count). The van der Waals surface area contributed by atoms with Crippen molar-refractivity contribution in [3.05, 3.63) is 29.8 Å². The van der Waals surface area contributed by atoms with Gasteiger partial charge >= 0.3 is 0 Å². The van der Waals surface area contributed by atoms with Crippen molar-refractivity contribution < 1.29 is 14.3 Å². The predicted octanol–water partition coefficient (Wildman–Crippen LogP) is 1.01. The normalized spacial score (nSPS) is 11.8. The molecule has 0 saturated heterocycles. The van der Waals surface area contributed by atoms with E-state index in [0.717, 1.165) is 5.56 Å². The lowest BCUT2D eigenvalue weighted by Crippen LogP contribution is -2.39. The van der Waals surface area contributed by atoms with Crippen molar-refractivity contribution in [3.63, 3.8) is 0 Å². The van der Waals surface area contributed by atoms with Gasteiger partial charge < -0.3 is 20.7 Å². The lowest BCUT2D eigenvalue weighted by atomic mass is 10.1. The second kappa shape index (κ2) is 9.17. The van der Waals surface area contributed by atoms with E-state index in [9.17, 15) is 9.59 Å². The third-order valence-corrected chi connectivity index (χ3v) is 3.38. The van der Waals surface area contributed by atoms with E-state index in [1.54, 1.807) is 17.0 Å². The summed E-state index contributed by atoms with van der Waals surface area (Å²) in [7, 11) is 1.49. The van der Waals surface area contributed by atoms with Crippen LogP contribution in [-0.4, -0.2) is 49.6 Å². The minimum Gasteiger partial charge on any atom is -0.383 e. The largest absolute Gasteiger partial charge is 0.383 e. The van der Waals surface area contributed by atoms with Crippen LogP contribution < -0.4 is 11.1 Å². The fourth-order valence-corrected chi connectivity index (χ4v) is 2.06. The van der Waals surface area contributed by atoms with Gasteiger partial charge in [0.15, 0.2) is 0 Å². The van der Waals surface area contributed by atoms with Gasteiger partial charge in [0.25, 0.3) is 0 Å². The highest BCUT2D eigenvalue weighted by Gasteiger charge is 2.13. The zero-order valence-corrected chi connectivity index (χ0v) is 13.5. The lowest BCUT2D eigenvalue weighted by Gasteiger charge is -2.18. The van der Waals surface area contributed by atoms with E-state index in [4.69, 9.17) is 10.5 Å². The zero-order valence-electron chi connectivity index (χ0n) is 13.5. The Morgan fingerprint density at radius 2 is 1.82 bits per heavy atom. The topological polar surface area (TPSA) is 84.7 Å². The minimum atomic E-state index is -0.700. The van der Waals surface area contributed by atoms with Gasteiger partial charge in [-0.1, -0.05) is 12.1 Å². The van der Waals surface area contributed by atoms with Gasteiger partial charge in [-0.2, -0.15) is 0 Å². The monoisotopic (exact) mass is 307 g/mol. The molecule has 22 heavy (non-hydrogen) atoms. The van der Waals surface area contributed by atoms with E-state index in [2.05, 4.69) is 5.32 Å². The molecule has 0 saturated carbocycles. The maximum atomic E-state index is 12.0. The Labute approximate surface area is 131 Å². The molecule has 1 aromatic rings. The van der Waals surface area contributed by atoms with Crippen LogP contribution in [0.1, 0.15) is 19.4 Å². The number of ether oxygens (including phenoxy) is 1. The SMILES string of the molecule is CCN(CC)C(=O)Cc1ccc(NC(=O)C(N)COC)cc1. The Morgan fingerprint density at radius 3 is 2.32 bits per heavy atom. The molecule has 0 fully saturated rings. The van der Waals surface area contributed by atoms with Crippen LogP contribution in [0.5, 0.6) is 0 Å². The minimum absolute atomic E-state index is 0.101. The van der Waals surface area contributed by atoms with Crippen LogP contribution in [0.2, 0.25) is 0 Å². The molecule has 0 aliphatic heterocycles. The molecule has 0 spiro atoms. The summed E-state index contributed by atoms with van der Waals surface area (Å²) in [4.78, 5) is 25.6. The summed E-state index contributed by atoms with van der Waals surface area (Å²) in [6.07, 6.45) is 0.360. The van der Waals surface area contributed by atoms with Crippen molar-refractivity contribution in [2.45, 2.75) is 26.3 Å². The number of amides is 2. The number of likely N-dealkylation sites (N-methyl/N-ethyl adjacent to an activating group) is 1. The Hall–Kier alpha value is -1.92. The second-order valence-electron chi connectivity index (χ2n) is 4.99. The van der Waals surface area contributed by atoms with E-state index in [1.165, 1.54) is 7.11 Å². The summed E-state index contributed by atoms with van der Waals surface area (Å²) in [5.74, 6) is -0.197. The maximum absolute atomic E-state index is 12.0. The Kier molecular flexibility index (Phi) is 7.56. The first-order valence-corrected chi connectivity index (χ1v) is 7.43. The highest BCUT2D eigenvalue weighted by atomic mass is 16.5. The van der Waals surface area contributed by atoms with E-state index in [0.29, 0.717) is 25.2 Å². The van der Waals surface area contributed by atoms with Crippen molar-refractivity contribution in [3.8, 4) is 0 Å². The van der Waals surface area contributed by atoms with Crippen LogP contribution in [-0.2, 0) is 20.7 Å². The van der Waals surface area contributed by atoms with Crippen LogP contribution in [0.3, 0.4) is 0 Å². The fourth-order valence-electron chi connectivity index (χ4n) is 2.06. The molecule has 6 nitrogen and oxygen atoms in total. The van der Waals surface area contributed by atoms with Gasteiger partial charge in [-0.15, -0.1) is 0 Å². The van der Waals surface area contributed by atoms with Crippen molar-refractivity contribution in [1.82, 2.24) is 4.90 Å². The summed E-state index contributed by atoms with van der Waals surface area (Å²) in [6.45, 7) is 5.51. The van der Waals surface area contributed by atoms with Crippen LogP contribution in [0.25, 0.3) is 0 Å². The smallest absolute Gasteiger partial charge is 0.243 e. The quantitative estimate of drug-likeness (QED) is 0.750. The highest BCUT2D eigenvalue weighted by Crippen LogP contribution is 2.11. The Bertz CT molecular complexity index is 484. The van der Waals surface area contributed by atoms with Gasteiger partial charge in [-0.3, -0.25) is 9.59 Å². The predicted molar refractivity (Wildman–Crippen MR) is 86.6 cm³/mol. The Balaban J connectivity index is 2.59. The van der Waals surface area contributed by atoms with Crippen molar-refractivity contribution in [2.75, 3.05) is 32.1 Å². The number of carbonyl (C=O) groups is 2. The third kappa shape index (κ3) is 5.46. The highest BCUT2D eigenvalue weighted by molar-refractivity contribution is 5.94. The molecule has 1 atom stereocenters. The number of methoxy groups -OCH3 is 1. The van der Waals surface area contributed by atoms with Crippen LogP contribution in [0.4, 0.5) is 5.69 Å². The number of nitrogens with zero attached hydrogens (tertiary/aromatic N) is 1. The summed E-state index contributed by atoms with van der Waals surface area (Å²) >= 11 is 0. The number of nitrogens with two attached hydrogens (primary N) is 1. The molecule has 0 heterocycles. The van der Waals surface area contributed by atoms with Crippen molar-refractivity contribution >= 4 is 17.5 Å². The number of carbonyl (C=O) groups excluding carboxylic acids is 2. The first-order chi connectivity index (χ1) is 10.5. The van der Waals surface area contributed by atoms with E-state index < -0.39 is 6.04 Å². The van der Waals surface area contributed by atoms with Crippen LogP contribution in [0, 0.1) is 0 Å². The summed E-state index contributed by atoms with van der Waals surface area (Å²) in [5.41, 5.74) is 7.21. The summed E-state index contributed by atoms with van der Waals surface area (Å²) in [5, 5.41) is 2.71. The molecule has 1 unspecified atom stereocenters. The van der Waals surface area contributed by atoms with Crippen molar-refractivity contribution in [2.24, 2.45) is 5.73 Å². The molecule has 2 amide bonds. The number of nitrogens with one attached hydrogen (secondary N) is 1. The average molecular weight is 307 g/mol. The molecule has 1 aromatic carbocycles. The van der Waals surface area contributed by atoms with Crippen molar-refractivity contribution in [1.29, 1.82) is 0 Å². The molecule has 6 heteroatoms. The number of rotatable bonds is 8. The van der Waals surface area contributed by atoms with E-state index in [1.807, 2.05) is 26.0 Å². The molecule has 0 radical (unpaired) electrons. The van der Waals surface area contributed by atoms with Gasteiger partial charge in [0.1, 0.15) is 6.04 Å². The van der Waals surface area contributed by atoms with Gasteiger partial charge in [0.2, 0.25) is 11.8 Å². The van der Waals surface area contributed by atoms with Gasteiger partial charge in [0.05, 0.1) is 13.0 Å². The summed E-state index contributed by atoms with van der Waals surface area (Å²) < 4.78 is 4.84. The maximum Gasteiger partial charge on any atom is 0.243 e. The first-order valence-electron chi connectivity index (χ1n) is 7.43. The number of hydrogen-bond donors (Lipinski definition) is 2. The van der Waals surface area contributed by atoms with Crippen LogP contribution >= 0.6 is 0 Å². The molecular formula is C16H25N3O3. The molecular weight excluding hydrogens is 282 g/mol. The van der Waals surface area contributed by atoms with Crippen LogP contribution in [0.15, 0.2) is 24.3 Å². The van der Waals surface area contributed by atoms with Gasteiger partial charge in [-0.05, 0) is 31.5 Å². The molecule has 0 bridgehead atoms. The Morgan fingerprint density at radius 1 is 1.23 bits per heavy atom. The van der Waals surface area contributed by atoms with Gasteiger partial charge in [0, 0.05) is 25.9 Å². The molecule has 3 N–H and O–H groups in total. The number of hydrogen-bond acceptors (Lipinski definition) is 4. The van der Waals surface area contributed by atoms with E-state index >= 15 is 0 Å². The average Bonchev–Trinajstić information content (AvgIpc) is 2.50. The zero-order chi connectivity index (χ0) is 16.5. The summed E-state index contributed by atoms with van der Waals surface area (Å²) in [6, 6.07) is 6.50. The molecule has 122 valence electrons. The fraction of sp³-hybridized carbons (Fsp3) is 0.500. The standard InChI is InChI=1S/C16H25N3O3/c1-4-19(5-2)15(20)10-12-6-8-13(9-7-12)18-16(21)14(17)11-22-3/h6-9,14H,4-5,10-11,17H2,1-3H3,(H,18,21). The molecule has 0 aliphatic rings. The first kappa shape index (κ1) is 18.1.